The molecule has 0 saturated carbocycles. The molecule has 0 spiro atoms. The second-order valence-electron chi connectivity index (χ2n) is 6.40. The number of aryl methyl sites for hydroxylation is 2. The van der Waals surface area contributed by atoms with E-state index in [9.17, 15) is 9.59 Å². The van der Waals surface area contributed by atoms with E-state index in [4.69, 9.17) is 0 Å². The van der Waals surface area contributed by atoms with Gasteiger partial charge in [-0.05, 0) is 54.8 Å². The largest absolute Gasteiger partial charge is 0.271 e. The Hall–Kier alpha value is -2.54. The number of carbonyl (C=O) groups excluding carboxylic acids is 2. The fourth-order valence-corrected chi connectivity index (χ4v) is 3.53. The Morgan fingerprint density at radius 1 is 1.04 bits per heavy atom. The van der Waals surface area contributed by atoms with Gasteiger partial charge in [-0.2, -0.15) is 5.11 Å². The average Bonchev–Trinajstić information content (AvgIpc) is 3.18. The highest BCUT2D eigenvalue weighted by atomic mass is 79.9. The SMILES string of the molecule is CCc1ccc(N2C(=O)[C@H]3N=NN(c4ccc(Br)c(C)c4)[C@@H]3C2=O)cc1. The summed E-state index contributed by atoms with van der Waals surface area (Å²) in [5, 5.41) is 9.71. The van der Waals surface area contributed by atoms with Crippen LogP contribution >= 0.6 is 15.9 Å². The average molecular weight is 413 g/mol. The molecule has 1 fully saturated rings. The van der Waals surface area contributed by atoms with E-state index in [1.807, 2.05) is 37.3 Å². The van der Waals surface area contributed by atoms with Gasteiger partial charge in [0, 0.05) is 4.47 Å². The number of amides is 2. The molecule has 2 aliphatic heterocycles. The normalized spacial score (nSPS) is 21.7. The Morgan fingerprint density at radius 3 is 2.38 bits per heavy atom. The van der Waals surface area contributed by atoms with Crippen molar-refractivity contribution in [3.63, 3.8) is 0 Å². The first-order chi connectivity index (χ1) is 12.5. The van der Waals surface area contributed by atoms with Crippen molar-refractivity contribution in [2.75, 3.05) is 9.91 Å². The van der Waals surface area contributed by atoms with Crippen LogP contribution in [0.1, 0.15) is 18.1 Å². The topological polar surface area (TPSA) is 65.3 Å². The zero-order chi connectivity index (χ0) is 18.4. The highest BCUT2D eigenvalue weighted by molar-refractivity contribution is 9.10. The maximum absolute atomic E-state index is 13.0. The Bertz CT molecular complexity index is 926. The molecule has 2 heterocycles. The summed E-state index contributed by atoms with van der Waals surface area (Å²) in [4.78, 5) is 27.0. The minimum Gasteiger partial charge on any atom is -0.271 e. The quantitative estimate of drug-likeness (QED) is 0.719. The number of halogens is 1. The third-order valence-electron chi connectivity index (χ3n) is 4.79. The maximum atomic E-state index is 13.0. The van der Waals surface area contributed by atoms with Crippen molar-refractivity contribution in [1.82, 2.24) is 0 Å². The van der Waals surface area contributed by atoms with Gasteiger partial charge in [0.25, 0.3) is 11.8 Å². The molecule has 0 N–H and O–H groups in total. The molecule has 0 radical (unpaired) electrons. The molecular formula is C19H17BrN4O2. The van der Waals surface area contributed by atoms with E-state index in [0.29, 0.717) is 5.69 Å². The number of hydrogen-bond donors (Lipinski definition) is 0. The maximum Gasteiger partial charge on any atom is 0.263 e. The van der Waals surface area contributed by atoms with E-state index in [1.165, 1.54) is 4.90 Å². The van der Waals surface area contributed by atoms with Crippen LogP contribution < -0.4 is 9.91 Å². The van der Waals surface area contributed by atoms with Crippen molar-refractivity contribution < 1.29 is 9.59 Å². The fourth-order valence-electron chi connectivity index (χ4n) is 3.28. The smallest absolute Gasteiger partial charge is 0.263 e. The summed E-state index contributed by atoms with van der Waals surface area (Å²) in [7, 11) is 0. The van der Waals surface area contributed by atoms with Crippen molar-refractivity contribution in [3.05, 3.63) is 58.1 Å². The molecule has 0 aromatic heterocycles. The van der Waals surface area contributed by atoms with Gasteiger partial charge in [-0.3, -0.25) is 9.59 Å². The molecule has 2 aliphatic rings. The van der Waals surface area contributed by atoms with Gasteiger partial charge in [0.1, 0.15) is 0 Å². The highest BCUT2D eigenvalue weighted by Crippen LogP contribution is 2.36. The molecule has 26 heavy (non-hydrogen) atoms. The molecular weight excluding hydrogens is 396 g/mol. The standard InChI is InChI=1S/C19H17BrN4O2/c1-3-12-4-6-13(7-5-12)23-18(25)16-17(19(23)26)24(22-21-16)14-8-9-15(20)11(2)10-14/h4-10,16-17H,3H2,1-2H3/t16-,17-/m0/s1. The van der Waals surface area contributed by atoms with Gasteiger partial charge in [-0.15, -0.1) is 0 Å². The van der Waals surface area contributed by atoms with E-state index in [1.54, 1.807) is 17.1 Å². The molecule has 6 nitrogen and oxygen atoms in total. The van der Waals surface area contributed by atoms with Crippen molar-refractivity contribution >= 4 is 39.1 Å². The summed E-state index contributed by atoms with van der Waals surface area (Å²) in [6.07, 6.45) is 0.901. The number of benzene rings is 2. The zero-order valence-corrected chi connectivity index (χ0v) is 16.0. The molecule has 0 unspecified atom stereocenters. The molecule has 0 aliphatic carbocycles. The van der Waals surface area contributed by atoms with Gasteiger partial charge >= 0.3 is 0 Å². The Balaban J connectivity index is 1.67. The number of imide groups is 1. The third-order valence-corrected chi connectivity index (χ3v) is 5.68. The van der Waals surface area contributed by atoms with Crippen LogP contribution in [0, 0.1) is 6.92 Å². The molecule has 2 atom stereocenters. The molecule has 1 saturated heterocycles. The predicted molar refractivity (Wildman–Crippen MR) is 102 cm³/mol. The minimum atomic E-state index is -0.794. The summed E-state index contributed by atoms with van der Waals surface area (Å²) < 4.78 is 0.973. The predicted octanol–water partition coefficient (Wildman–Crippen LogP) is 3.82. The molecule has 4 rings (SSSR count). The summed E-state index contributed by atoms with van der Waals surface area (Å²) in [6.45, 7) is 4.02. The Kier molecular flexibility index (Phi) is 4.11. The van der Waals surface area contributed by atoms with Crippen LogP contribution in [-0.4, -0.2) is 23.9 Å². The van der Waals surface area contributed by atoms with Gasteiger partial charge < -0.3 is 0 Å². The van der Waals surface area contributed by atoms with Crippen LogP contribution in [0.4, 0.5) is 11.4 Å². The molecule has 7 heteroatoms. The van der Waals surface area contributed by atoms with Crippen LogP contribution in [0.25, 0.3) is 0 Å². The summed E-state index contributed by atoms with van der Waals surface area (Å²) in [5.41, 5.74) is 3.49. The summed E-state index contributed by atoms with van der Waals surface area (Å²) in [6, 6.07) is 11.6. The number of carbonyl (C=O) groups is 2. The number of rotatable bonds is 3. The van der Waals surface area contributed by atoms with E-state index in [2.05, 4.69) is 33.2 Å². The van der Waals surface area contributed by atoms with Gasteiger partial charge in [0.2, 0.25) is 0 Å². The number of nitrogens with zero attached hydrogens (tertiary/aromatic N) is 4. The van der Waals surface area contributed by atoms with Crippen molar-refractivity contribution in [3.8, 4) is 0 Å². The van der Waals surface area contributed by atoms with Gasteiger partial charge in [0.15, 0.2) is 12.1 Å². The third kappa shape index (κ3) is 2.54. The first-order valence-corrected chi connectivity index (χ1v) is 9.23. The minimum absolute atomic E-state index is 0.296. The second kappa shape index (κ2) is 6.32. The number of hydrogen-bond acceptors (Lipinski definition) is 5. The lowest BCUT2D eigenvalue weighted by Crippen LogP contribution is -2.39. The van der Waals surface area contributed by atoms with Crippen molar-refractivity contribution in [1.29, 1.82) is 0 Å². The van der Waals surface area contributed by atoms with Gasteiger partial charge in [-0.1, -0.05) is 40.2 Å². The van der Waals surface area contributed by atoms with Gasteiger partial charge in [0.05, 0.1) is 11.4 Å². The lowest BCUT2D eigenvalue weighted by Gasteiger charge is -2.21. The van der Waals surface area contributed by atoms with Crippen LogP contribution in [0.5, 0.6) is 0 Å². The monoisotopic (exact) mass is 412 g/mol. The fraction of sp³-hybridized carbons (Fsp3) is 0.263. The van der Waals surface area contributed by atoms with E-state index in [-0.39, 0.29) is 11.8 Å². The van der Waals surface area contributed by atoms with E-state index >= 15 is 0 Å². The number of anilines is 2. The van der Waals surface area contributed by atoms with Crippen LogP contribution in [0.2, 0.25) is 0 Å². The first-order valence-electron chi connectivity index (χ1n) is 8.44. The van der Waals surface area contributed by atoms with E-state index < -0.39 is 12.1 Å². The molecule has 0 bridgehead atoms. The molecule has 2 aromatic rings. The molecule has 2 aromatic carbocycles. The summed E-state index contributed by atoms with van der Waals surface area (Å²) >= 11 is 3.47. The van der Waals surface area contributed by atoms with E-state index in [0.717, 1.165) is 27.7 Å². The van der Waals surface area contributed by atoms with Crippen LogP contribution in [-0.2, 0) is 16.0 Å². The lowest BCUT2D eigenvalue weighted by atomic mass is 10.1. The zero-order valence-electron chi connectivity index (χ0n) is 14.4. The van der Waals surface area contributed by atoms with Crippen molar-refractivity contribution in [2.45, 2.75) is 32.4 Å². The van der Waals surface area contributed by atoms with Crippen molar-refractivity contribution in [2.24, 2.45) is 10.3 Å². The Morgan fingerprint density at radius 2 is 1.73 bits per heavy atom. The highest BCUT2D eigenvalue weighted by Gasteiger charge is 2.55. The first kappa shape index (κ1) is 16.9. The summed E-state index contributed by atoms with van der Waals surface area (Å²) in [5.74, 6) is -0.626. The molecule has 2 amide bonds. The lowest BCUT2D eigenvalue weighted by molar-refractivity contribution is -0.121. The van der Waals surface area contributed by atoms with Crippen LogP contribution in [0.3, 0.4) is 0 Å². The van der Waals surface area contributed by atoms with Crippen LogP contribution in [0.15, 0.2) is 57.3 Å². The second-order valence-corrected chi connectivity index (χ2v) is 7.26. The molecule has 132 valence electrons. The Labute approximate surface area is 159 Å². The number of fused-ring (bicyclic) bond motifs is 1. The van der Waals surface area contributed by atoms with Gasteiger partial charge in [-0.25, -0.2) is 9.91 Å².